The third-order valence-corrected chi connectivity index (χ3v) is 3.77. The first-order valence-electron chi connectivity index (χ1n) is 8.69. The molecule has 0 aliphatic heterocycles. The second-order valence-corrected chi connectivity index (χ2v) is 5.59. The Kier molecular flexibility index (Phi) is 7.14. The number of methoxy groups -OCH3 is 1. The van der Waals surface area contributed by atoms with Gasteiger partial charge in [0.25, 0.3) is 0 Å². The molecule has 2 N–H and O–H groups in total. The van der Waals surface area contributed by atoms with Crippen molar-refractivity contribution in [2.75, 3.05) is 25.6 Å². The predicted octanol–water partition coefficient (Wildman–Crippen LogP) is 4.38. The van der Waals surface area contributed by atoms with E-state index in [0.29, 0.717) is 36.1 Å². The van der Waals surface area contributed by atoms with Crippen molar-refractivity contribution in [2.24, 2.45) is 0 Å². The van der Waals surface area contributed by atoms with Gasteiger partial charge in [-0.25, -0.2) is 4.79 Å². The molecule has 26 heavy (non-hydrogen) atoms. The smallest absolute Gasteiger partial charge is 0.319 e. The molecule has 2 amide bonds. The van der Waals surface area contributed by atoms with E-state index in [9.17, 15) is 4.79 Å². The van der Waals surface area contributed by atoms with Gasteiger partial charge in [0.2, 0.25) is 0 Å². The van der Waals surface area contributed by atoms with Crippen LogP contribution in [0.3, 0.4) is 0 Å². The lowest BCUT2D eigenvalue weighted by atomic mass is 10.1. The predicted molar refractivity (Wildman–Crippen MR) is 102 cm³/mol. The van der Waals surface area contributed by atoms with Crippen molar-refractivity contribution >= 4 is 11.7 Å². The maximum Gasteiger partial charge on any atom is 0.319 e. The quantitative estimate of drug-likeness (QED) is 0.735. The maximum absolute atomic E-state index is 12.3. The van der Waals surface area contributed by atoms with Gasteiger partial charge in [0, 0.05) is 0 Å². The van der Waals surface area contributed by atoms with Gasteiger partial charge in [-0.05, 0) is 50.6 Å². The van der Waals surface area contributed by atoms with Crippen molar-refractivity contribution in [2.45, 2.75) is 26.8 Å². The SMILES string of the molecule is CCOc1ccc(C(C)NC(=O)Nc2ccccc2OC)cc1OCC. The number of amides is 2. The number of nitrogens with one attached hydrogen (secondary N) is 2. The van der Waals surface area contributed by atoms with E-state index in [1.54, 1.807) is 19.2 Å². The van der Waals surface area contributed by atoms with Crippen LogP contribution in [0, 0.1) is 0 Å². The van der Waals surface area contributed by atoms with Crippen LogP contribution < -0.4 is 24.8 Å². The van der Waals surface area contributed by atoms with Gasteiger partial charge in [-0.15, -0.1) is 0 Å². The van der Waals surface area contributed by atoms with Gasteiger partial charge in [-0.1, -0.05) is 18.2 Å². The van der Waals surface area contributed by atoms with Crippen LogP contribution in [0.25, 0.3) is 0 Å². The highest BCUT2D eigenvalue weighted by molar-refractivity contribution is 5.91. The summed E-state index contributed by atoms with van der Waals surface area (Å²) in [5, 5.41) is 5.72. The summed E-state index contributed by atoms with van der Waals surface area (Å²) in [5.74, 6) is 1.98. The van der Waals surface area contributed by atoms with Crippen LogP contribution in [0.15, 0.2) is 42.5 Å². The van der Waals surface area contributed by atoms with Crippen LogP contribution in [0.5, 0.6) is 17.2 Å². The Morgan fingerprint density at radius 1 is 1.00 bits per heavy atom. The second-order valence-electron chi connectivity index (χ2n) is 5.59. The summed E-state index contributed by atoms with van der Waals surface area (Å²) in [6.07, 6.45) is 0. The fraction of sp³-hybridized carbons (Fsp3) is 0.350. The molecule has 1 atom stereocenters. The molecular formula is C20H26N2O4. The zero-order valence-corrected chi connectivity index (χ0v) is 15.7. The van der Waals surface area contributed by atoms with Gasteiger partial charge < -0.3 is 24.8 Å². The number of para-hydroxylation sites is 2. The van der Waals surface area contributed by atoms with Crippen molar-refractivity contribution in [1.82, 2.24) is 5.32 Å². The molecule has 0 bridgehead atoms. The standard InChI is InChI=1S/C20H26N2O4/c1-5-25-18-12-11-15(13-19(18)26-6-2)14(3)21-20(23)22-16-9-7-8-10-17(16)24-4/h7-14H,5-6H2,1-4H3,(H2,21,22,23). The summed E-state index contributed by atoms with van der Waals surface area (Å²) in [7, 11) is 1.57. The van der Waals surface area contributed by atoms with Crippen molar-refractivity contribution < 1.29 is 19.0 Å². The van der Waals surface area contributed by atoms with E-state index in [1.165, 1.54) is 0 Å². The first-order chi connectivity index (χ1) is 12.6. The first kappa shape index (κ1) is 19.4. The van der Waals surface area contributed by atoms with Gasteiger partial charge in [-0.3, -0.25) is 0 Å². The number of carbonyl (C=O) groups is 1. The van der Waals surface area contributed by atoms with Crippen LogP contribution in [-0.4, -0.2) is 26.4 Å². The summed E-state index contributed by atoms with van der Waals surface area (Å²) >= 11 is 0. The summed E-state index contributed by atoms with van der Waals surface area (Å²) < 4.78 is 16.5. The number of ether oxygens (including phenoxy) is 3. The summed E-state index contributed by atoms with van der Waals surface area (Å²) in [5.41, 5.74) is 1.54. The normalized spacial score (nSPS) is 11.4. The zero-order chi connectivity index (χ0) is 18.9. The van der Waals surface area contributed by atoms with Gasteiger partial charge >= 0.3 is 6.03 Å². The molecular weight excluding hydrogens is 332 g/mol. The maximum atomic E-state index is 12.3. The number of benzene rings is 2. The average Bonchev–Trinajstić information content (AvgIpc) is 2.63. The fourth-order valence-corrected chi connectivity index (χ4v) is 2.52. The van der Waals surface area contributed by atoms with Crippen LogP contribution in [0.4, 0.5) is 10.5 Å². The van der Waals surface area contributed by atoms with Crippen molar-refractivity contribution in [3.8, 4) is 17.2 Å². The third-order valence-electron chi connectivity index (χ3n) is 3.77. The van der Waals surface area contributed by atoms with E-state index in [2.05, 4.69) is 10.6 Å². The number of urea groups is 1. The molecule has 0 radical (unpaired) electrons. The Bertz CT molecular complexity index is 734. The lowest BCUT2D eigenvalue weighted by Crippen LogP contribution is -2.31. The number of anilines is 1. The first-order valence-corrected chi connectivity index (χ1v) is 8.69. The Morgan fingerprint density at radius 3 is 2.38 bits per heavy atom. The third kappa shape index (κ3) is 5.05. The molecule has 6 nitrogen and oxygen atoms in total. The van der Waals surface area contributed by atoms with Crippen molar-refractivity contribution in [3.05, 3.63) is 48.0 Å². The van der Waals surface area contributed by atoms with E-state index < -0.39 is 0 Å². The fourth-order valence-electron chi connectivity index (χ4n) is 2.52. The summed E-state index contributed by atoms with van der Waals surface area (Å²) in [6, 6.07) is 12.4. The highest BCUT2D eigenvalue weighted by atomic mass is 16.5. The van der Waals surface area contributed by atoms with E-state index in [4.69, 9.17) is 14.2 Å². The zero-order valence-electron chi connectivity index (χ0n) is 15.7. The average molecular weight is 358 g/mol. The molecule has 0 heterocycles. The van der Waals surface area contributed by atoms with Gasteiger partial charge in [0.1, 0.15) is 5.75 Å². The largest absolute Gasteiger partial charge is 0.495 e. The topological polar surface area (TPSA) is 68.8 Å². The molecule has 0 saturated carbocycles. The molecule has 2 aromatic rings. The monoisotopic (exact) mass is 358 g/mol. The lowest BCUT2D eigenvalue weighted by Gasteiger charge is -2.18. The minimum absolute atomic E-state index is 0.209. The minimum Gasteiger partial charge on any atom is -0.495 e. The molecule has 6 heteroatoms. The van der Waals surface area contributed by atoms with E-state index >= 15 is 0 Å². The van der Waals surface area contributed by atoms with Crippen LogP contribution in [0.1, 0.15) is 32.4 Å². The molecule has 140 valence electrons. The van der Waals surface area contributed by atoms with Gasteiger partial charge in [0.15, 0.2) is 11.5 Å². The molecule has 1 unspecified atom stereocenters. The molecule has 0 aliphatic carbocycles. The van der Waals surface area contributed by atoms with E-state index in [-0.39, 0.29) is 12.1 Å². The Hall–Kier alpha value is -2.89. The van der Waals surface area contributed by atoms with Crippen LogP contribution >= 0.6 is 0 Å². The van der Waals surface area contributed by atoms with E-state index in [1.807, 2.05) is 51.1 Å². The molecule has 2 rings (SSSR count). The second kappa shape index (κ2) is 9.56. The number of hydrogen-bond acceptors (Lipinski definition) is 4. The minimum atomic E-state index is -0.311. The van der Waals surface area contributed by atoms with Gasteiger partial charge in [0.05, 0.1) is 32.1 Å². The Labute approximate surface area is 154 Å². The van der Waals surface area contributed by atoms with Crippen LogP contribution in [-0.2, 0) is 0 Å². The summed E-state index contributed by atoms with van der Waals surface area (Å²) in [6.45, 7) is 6.86. The Balaban J connectivity index is 2.07. The highest BCUT2D eigenvalue weighted by Crippen LogP contribution is 2.31. The van der Waals surface area contributed by atoms with Gasteiger partial charge in [-0.2, -0.15) is 0 Å². The number of carbonyl (C=O) groups excluding carboxylic acids is 1. The molecule has 0 spiro atoms. The van der Waals surface area contributed by atoms with Crippen molar-refractivity contribution in [1.29, 1.82) is 0 Å². The van der Waals surface area contributed by atoms with Crippen LogP contribution in [0.2, 0.25) is 0 Å². The Morgan fingerprint density at radius 2 is 1.69 bits per heavy atom. The summed E-state index contributed by atoms with van der Waals surface area (Å²) in [4.78, 5) is 12.3. The molecule has 0 aromatic heterocycles. The molecule has 0 aliphatic rings. The van der Waals surface area contributed by atoms with E-state index in [0.717, 1.165) is 5.56 Å². The highest BCUT2D eigenvalue weighted by Gasteiger charge is 2.14. The molecule has 0 saturated heterocycles. The van der Waals surface area contributed by atoms with Crippen molar-refractivity contribution in [3.63, 3.8) is 0 Å². The number of hydrogen-bond donors (Lipinski definition) is 2. The number of rotatable bonds is 8. The molecule has 2 aromatic carbocycles. The molecule has 0 fully saturated rings. The lowest BCUT2D eigenvalue weighted by molar-refractivity contribution is 0.249.